The highest BCUT2D eigenvalue weighted by Crippen LogP contribution is 2.30. The van der Waals surface area contributed by atoms with Crippen molar-refractivity contribution in [1.29, 1.82) is 0 Å². The summed E-state index contributed by atoms with van der Waals surface area (Å²) in [5.74, 6) is -3.08. The summed E-state index contributed by atoms with van der Waals surface area (Å²) in [6, 6.07) is 0. The Bertz CT molecular complexity index is 238. The van der Waals surface area contributed by atoms with E-state index in [0.717, 1.165) is 12.8 Å². The van der Waals surface area contributed by atoms with Crippen molar-refractivity contribution in [3.63, 3.8) is 0 Å². The predicted molar refractivity (Wildman–Crippen MR) is 76.3 cm³/mol. The van der Waals surface area contributed by atoms with E-state index in [4.69, 9.17) is 0 Å². The largest absolute Gasteiger partial charge is 0.408 e. The Kier molecular flexibility index (Phi) is 7.98. The molecule has 0 saturated heterocycles. The van der Waals surface area contributed by atoms with Crippen LogP contribution in [0, 0.1) is 0 Å². The van der Waals surface area contributed by atoms with Crippen LogP contribution in [0.5, 0.6) is 0 Å². The first-order valence-electron chi connectivity index (χ1n) is 5.50. The lowest BCUT2D eigenvalue weighted by Crippen LogP contribution is -2.34. The molecule has 0 aromatic heterocycles. The van der Waals surface area contributed by atoms with Gasteiger partial charge in [0.05, 0.1) is 3.41 Å². The molecule has 0 saturated carbocycles. The Hall–Kier alpha value is 0.440. The van der Waals surface area contributed by atoms with Crippen molar-refractivity contribution in [2.75, 3.05) is 0 Å². The molecule has 17 heavy (non-hydrogen) atoms. The zero-order valence-electron chi connectivity index (χ0n) is 9.80. The number of ether oxygens (including phenoxy) is 1. The highest BCUT2D eigenvalue weighted by atomic mass is 32.2. The van der Waals surface area contributed by atoms with E-state index in [9.17, 15) is 15.0 Å². The Morgan fingerprint density at radius 1 is 1.18 bits per heavy atom. The first-order chi connectivity index (χ1) is 7.66. The molecule has 0 aliphatic rings. The van der Waals surface area contributed by atoms with Crippen molar-refractivity contribution in [2.45, 2.75) is 54.8 Å². The van der Waals surface area contributed by atoms with E-state index in [1.54, 1.807) is 0 Å². The average Bonchev–Trinajstić information content (AvgIpc) is 2.13. The van der Waals surface area contributed by atoms with Gasteiger partial charge in [-0.15, -0.1) is 0 Å². The van der Waals surface area contributed by atoms with Crippen LogP contribution < -0.4 is 0 Å². The molecule has 0 radical (unpaired) electrons. The fourth-order valence-corrected chi connectivity index (χ4v) is 1.49. The van der Waals surface area contributed by atoms with Crippen molar-refractivity contribution in [3.8, 4) is 0 Å². The van der Waals surface area contributed by atoms with E-state index in [1.807, 2.05) is 6.92 Å². The fourth-order valence-electron chi connectivity index (χ4n) is 1.16. The van der Waals surface area contributed by atoms with Crippen molar-refractivity contribution >= 4 is 43.9 Å². The molecule has 0 bridgehead atoms. The molecular formula is C10H20O4S3. The summed E-state index contributed by atoms with van der Waals surface area (Å²) in [5, 5.41) is 18.8. The maximum atomic E-state index is 11.3. The summed E-state index contributed by atoms with van der Waals surface area (Å²) in [5.41, 5.74) is 0. The monoisotopic (exact) mass is 300 g/mol. The van der Waals surface area contributed by atoms with Gasteiger partial charge in [-0.2, -0.15) is 37.9 Å². The van der Waals surface area contributed by atoms with Gasteiger partial charge >= 0.3 is 11.9 Å². The molecule has 0 unspecified atom stereocenters. The number of hydrogen-bond donors (Lipinski definition) is 5. The molecule has 0 spiro atoms. The number of rotatable bonds is 8. The van der Waals surface area contributed by atoms with Crippen molar-refractivity contribution in [2.24, 2.45) is 0 Å². The molecular weight excluding hydrogens is 280 g/mol. The van der Waals surface area contributed by atoms with Gasteiger partial charge in [-0.3, -0.25) is 4.79 Å². The van der Waals surface area contributed by atoms with Gasteiger partial charge in [0.25, 0.3) is 0 Å². The van der Waals surface area contributed by atoms with Crippen molar-refractivity contribution in [1.82, 2.24) is 0 Å². The highest BCUT2D eigenvalue weighted by molar-refractivity contribution is 8.16. The van der Waals surface area contributed by atoms with Gasteiger partial charge in [-0.1, -0.05) is 19.8 Å². The van der Waals surface area contributed by atoms with Gasteiger partial charge < -0.3 is 14.9 Å². The highest BCUT2D eigenvalue weighted by Gasteiger charge is 2.28. The van der Waals surface area contributed by atoms with Crippen LogP contribution in [0.25, 0.3) is 0 Å². The van der Waals surface area contributed by atoms with E-state index in [-0.39, 0.29) is 19.3 Å². The predicted octanol–water partition coefficient (Wildman–Crippen LogP) is 1.97. The average molecular weight is 300 g/mol. The molecule has 0 aliphatic heterocycles. The number of carbonyl (C=O) groups excluding carboxylic acids is 1. The summed E-state index contributed by atoms with van der Waals surface area (Å²) in [7, 11) is 0. The Morgan fingerprint density at radius 2 is 1.76 bits per heavy atom. The normalized spacial score (nSPS) is 12.6. The lowest BCUT2D eigenvalue weighted by Gasteiger charge is -2.22. The van der Waals surface area contributed by atoms with Gasteiger partial charge in [-0.25, -0.2) is 0 Å². The minimum absolute atomic E-state index is 0.0142. The molecule has 0 aromatic carbocycles. The van der Waals surface area contributed by atoms with Gasteiger partial charge in [0.15, 0.2) is 0 Å². The van der Waals surface area contributed by atoms with Crippen LogP contribution in [0.3, 0.4) is 0 Å². The second-order valence-electron chi connectivity index (χ2n) is 3.95. The molecule has 0 aromatic rings. The lowest BCUT2D eigenvalue weighted by atomic mass is 10.2. The van der Waals surface area contributed by atoms with Crippen LogP contribution in [0.1, 0.15) is 45.4 Å². The Morgan fingerprint density at radius 3 is 2.24 bits per heavy atom. The van der Waals surface area contributed by atoms with E-state index in [0.29, 0.717) is 6.42 Å². The van der Waals surface area contributed by atoms with Crippen molar-refractivity contribution in [3.05, 3.63) is 0 Å². The molecule has 4 nitrogen and oxygen atoms in total. The van der Waals surface area contributed by atoms with Gasteiger partial charge in [-0.05, 0) is 12.8 Å². The number of carbonyl (C=O) groups is 1. The Balaban J connectivity index is 3.92. The van der Waals surface area contributed by atoms with Crippen LogP contribution >= 0.6 is 37.9 Å². The molecule has 0 fully saturated rings. The number of unbranched alkanes of at least 4 members (excludes halogenated alkanes) is 2. The molecule has 0 aliphatic carbocycles. The third kappa shape index (κ3) is 11.3. The van der Waals surface area contributed by atoms with Gasteiger partial charge in [0, 0.05) is 12.8 Å². The van der Waals surface area contributed by atoms with E-state index >= 15 is 0 Å². The summed E-state index contributed by atoms with van der Waals surface area (Å²) < 4.78 is 3.67. The van der Waals surface area contributed by atoms with E-state index < -0.39 is 15.4 Å². The SMILES string of the molecule is CCCCCC(O)(O)OC(=O)CCC(S)(S)S. The maximum Gasteiger partial charge on any atom is 0.324 e. The molecule has 0 heterocycles. The molecule has 2 N–H and O–H groups in total. The zero-order chi connectivity index (χ0) is 13.5. The van der Waals surface area contributed by atoms with Gasteiger partial charge in [0.2, 0.25) is 0 Å². The summed E-state index contributed by atoms with van der Waals surface area (Å²) in [6.07, 6.45) is 2.64. The van der Waals surface area contributed by atoms with E-state index in [1.165, 1.54) is 0 Å². The molecule has 0 atom stereocenters. The third-order valence-corrected chi connectivity index (χ3v) is 2.72. The van der Waals surface area contributed by atoms with E-state index in [2.05, 4.69) is 42.6 Å². The number of aliphatic hydroxyl groups is 2. The summed E-state index contributed by atoms with van der Waals surface area (Å²) in [4.78, 5) is 11.3. The second kappa shape index (κ2) is 7.78. The first-order valence-corrected chi connectivity index (χ1v) is 6.84. The smallest absolute Gasteiger partial charge is 0.324 e. The number of esters is 1. The minimum Gasteiger partial charge on any atom is -0.408 e. The second-order valence-corrected chi connectivity index (χ2v) is 7.30. The zero-order valence-corrected chi connectivity index (χ0v) is 12.5. The Labute approximate surface area is 118 Å². The van der Waals surface area contributed by atoms with Crippen LogP contribution in [-0.4, -0.2) is 25.6 Å². The van der Waals surface area contributed by atoms with Crippen LogP contribution in [0.15, 0.2) is 0 Å². The number of hydrogen-bond acceptors (Lipinski definition) is 7. The molecule has 0 rings (SSSR count). The third-order valence-electron chi connectivity index (χ3n) is 2.05. The molecule has 7 heteroatoms. The number of thiol groups is 3. The maximum absolute atomic E-state index is 11.3. The van der Waals surface area contributed by atoms with Crippen LogP contribution in [0.2, 0.25) is 0 Å². The quantitative estimate of drug-likeness (QED) is 0.206. The first kappa shape index (κ1) is 17.4. The van der Waals surface area contributed by atoms with Crippen molar-refractivity contribution < 1.29 is 19.7 Å². The van der Waals surface area contributed by atoms with Crippen LogP contribution in [0.4, 0.5) is 0 Å². The standard InChI is InChI=1S/C10H20O4S3/c1-2-3-4-6-9(12,13)14-8(11)5-7-10(15,16)17/h12-13,15-17H,2-7H2,1H3. The molecule has 102 valence electrons. The summed E-state index contributed by atoms with van der Waals surface area (Å²) in [6.45, 7) is 1.99. The minimum atomic E-state index is -2.38. The molecule has 0 amide bonds. The fraction of sp³-hybridized carbons (Fsp3) is 0.900. The van der Waals surface area contributed by atoms with Gasteiger partial charge in [0.1, 0.15) is 0 Å². The van der Waals surface area contributed by atoms with Crippen LogP contribution in [-0.2, 0) is 9.53 Å². The lowest BCUT2D eigenvalue weighted by molar-refractivity contribution is -0.322. The summed E-state index contributed by atoms with van der Waals surface area (Å²) >= 11 is 12.0. The topological polar surface area (TPSA) is 66.8 Å².